The normalized spacial score (nSPS) is 11.2. The van der Waals surface area contributed by atoms with Crippen LogP contribution in [0, 0.1) is 0 Å². The number of amides is 1. The van der Waals surface area contributed by atoms with Crippen molar-refractivity contribution >= 4 is 44.9 Å². The number of halogens is 1. The van der Waals surface area contributed by atoms with E-state index >= 15 is 0 Å². The Hall–Kier alpha value is -4.23. The standard InChI is InChI=1S/C22H21ClN8O4S/c1-2-36(33,34)31-16-6-3-13(9-17(16)35-12-15-5-4-14(23)10-27-15)20-19(21(24)32)22(30-29-20)28-18-11-25-7-8-26-18/h3-11,31H,2,12H2,1H3,(H2,24,32)(H2,26,28,29,30). The number of benzene rings is 1. The van der Waals surface area contributed by atoms with Gasteiger partial charge in [0.25, 0.3) is 5.91 Å². The molecule has 3 heterocycles. The molecule has 0 bridgehead atoms. The average Bonchev–Trinajstić information content (AvgIpc) is 3.28. The summed E-state index contributed by atoms with van der Waals surface area (Å²) < 4.78 is 32.8. The number of pyridine rings is 1. The van der Waals surface area contributed by atoms with Gasteiger partial charge >= 0.3 is 0 Å². The van der Waals surface area contributed by atoms with Crippen LogP contribution >= 0.6 is 11.6 Å². The topological polar surface area (TPSA) is 178 Å². The van der Waals surface area contributed by atoms with Crippen molar-refractivity contribution in [2.75, 3.05) is 15.8 Å². The second kappa shape index (κ2) is 10.6. The van der Waals surface area contributed by atoms with Crippen molar-refractivity contribution in [3.63, 3.8) is 0 Å². The number of hydrogen-bond acceptors (Lipinski definition) is 9. The maximum absolute atomic E-state index is 12.3. The lowest BCUT2D eigenvalue weighted by Gasteiger charge is -2.15. The average molecular weight is 529 g/mol. The van der Waals surface area contributed by atoms with Gasteiger partial charge in [0, 0.05) is 24.2 Å². The number of nitrogens with one attached hydrogen (secondary N) is 3. The third-order valence-electron chi connectivity index (χ3n) is 4.90. The fourth-order valence-electron chi connectivity index (χ4n) is 3.13. The number of nitrogens with zero attached hydrogens (tertiary/aromatic N) is 4. The summed E-state index contributed by atoms with van der Waals surface area (Å²) in [7, 11) is -3.59. The van der Waals surface area contributed by atoms with Gasteiger partial charge in [-0.3, -0.25) is 24.6 Å². The van der Waals surface area contributed by atoms with Crippen LogP contribution in [0.15, 0.2) is 55.1 Å². The van der Waals surface area contributed by atoms with Crippen LogP contribution < -0.4 is 20.5 Å². The number of H-pyrrole nitrogens is 1. The molecule has 0 saturated heterocycles. The fraction of sp³-hybridized carbons (Fsp3) is 0.136. The molecule has 4 rings (SSSR count). The van der Waals surface area contributed by atoms with E-state index < -0.39 is 15.9 Å². The molecule has 0 spiro atoms. The van der Waals surface area contributed by atoms with Crippen molar-refractivity contribution in [1.29, 1.82) is 0 Å². The zero-order valence-corrected chi connectivity index (χ0v) is 20.5. The highest BCUT2D eigenvalue weighted by molar-refractivity contribution is 7.92. The van der Waals surface area contributed by atoms with Crippen LogP contribution in [0.2, 0.25) is 5.02 Å². The first-order valence-electron chi connectivity index (χ1n) is 10.5. The first-order chi connectivity index (χ1) is 17.3. The third kappa shape index (κ3) is 5.87. The molecule has 36 heavy (non-hydrogen) atoms. The summed E-state index contributed by atoms with van der Waals surface area (Å²) in [6.45, 7) is 1.55. The number of anilines is 3. The highest BCUT2D eigenvalue weighted by Crippen LogP contribution is 2.35. The molecule has 0 saturated carbocycles. The molecule has 0 aliphatic rings. The number of ether oxygens (including phenoxy) is 1. The summed E-state index contributed by atoms with van der Waals surface area (Å²) in [5.41, 5.74) is 7.29. The minimum absolute atomic E-state index is 0.0343. The highest BCUT2D eigenvalue weighted by atomic mass is 35.5. The van der Waals surface area contributed by atoms with Gasteiger partial charge in [-0.25, -0.2) is 13.4 Å². The third-order valence-corrected chi connectivity index (χ3v) is 6.42. The summed E-state index contributed by atoms with van der Waals surface area (Å²) in [5.74, 6) is -0.150. The van der Waals surface area contributed by atoms with E-state index in [1.54, 1.807) is 24.3 Å². The van der Waals surface area contributed by atoms with Crippen molar-refractivity contribution in [3.05, 3.63) is 71.4 Å². The van der Waals surface area contributed by atoms with Crippen LogP contribution in [0.3, 0.4) is 0 Å². The van der Waals surface area contributed by atoms with E-state index in [0.29, 0.717) is 27.8 Å². The van der Waals surface area contributed by atoms with Crippen LogP contribution in [0.1, 0.15) is 23.0 Å². The van der Waals surface area contributed by atoms with Gasteiger partial charge in [-0.15, -0.1) is 0 Å². The second-order valence-corrected chi connectivity index (χ2v) is 9.82. The number of sulfonamides is 1. The zero-order valence-electron chi connectivity index (χ0n) is 18.9. The predicted octanol–water partition coefficient (Wildman–Crippen LogP) is 3.10. The lowest BCUT2D eigenvalue weighted by atomic mass is 10.1. The molecule has 1 amide bonds. The lowest BCUT2D eigenvalue weighted by molar-refractivity contribution is 0.100. The van der Waals surface area contributed by atoms with Crippen LogP contribution in [-0.2, 0) is 16.6 Å². The number of primary amides is 1. The number of carbonyl (C=O) groups excluding carboxylic acids is 1. The van der Waals surface area contributed by atoms with Gasteiger partial charge in [0.05, 0.1) is 34.0 Å². The van der Waals surface area contributed by atoms with Crippen LogP contribution in [0.5, 0.6) is 5.75 Å². The van der Waals surface area contributed by atoms with Gasteiger partial charge in [-0.1, -0.05) is 17.7 Å². The minimum Gasteiger partial charge on any atom is -0.485 e. The number of carbonyl (C=O) groups is 1. The Bertz CT molecular complexity index is 1480. The van der Waals surface area contributed by atoms with Gasteiger partial charge in [-0.05, 0) is 31.2 Å². The van der Waals surface area contributed by atoms with Gasteiger partial charge in [0.2, 0.25) is 10.0 Å². The monoisotopic (exact) mass is 528 g/mol. The SMILES string of the molecule is CCS(=O)(=O)Nc1ccc(-c2[nH]nc(Nc3cnccn3)c2C(N)=O)cc1OCc1ccc(Cl)cn1. The molecule has 0 fully saturated rings. The van der Waals surface area contributed by atoms with Gasteiger partial charge in [-0.2, -0.15) is 5.10 Å². The molecule has 14 heteroatoms. The van der Waals surface area contributed by atoms with Crippen molar-refractivity contribution < 1.29 is 17.9 Å². The molecule has 1 aromatic carbocycles. The van der Waals surface area contributed by atoms with Crippen molar-refractivity contribution in [3.8, 4) is 17.0 Å². The Morgan fingerprint density at radius 3 is 2.67 bits per heavy atom. The van der Waals surface area contributed by atoms with Crippen LogP contribution in [-0.4, -0.2) is 45.2 Å². The Morgan fingerprint density at radius 1 is 1.17 bits per heavy atom. The van der Waals surface area contributed by atoms with Crippen LogP contribution in [0.4, 0.5) is 17.3 Å². The highest BCUT2D eigenvalue weighted by Gasteiger charge is 2.22. The number of aromatic nitrogens is 5. The molecule has 3 aromatic heterocycles. The summed E-state index contributed by atoms with van der Waals surface area (Å²) >= 11 is 5.89. The van der Waals surface area contributed by atoms with E-state index in [1.807, 2.05) is 0 Å². The summed E-state index contributed by atoms with van der Waals surface area (Å²) in [5, 5.41) is 10.3. The first kappa shape index (κ1) is 24.9. The molecular formula is C22H21ClN8O4S. The number of nitrogens with two attached hydrogens (primary N) is 1. The number of rotatable bonds is 10. The largest absolute Gasteiger partial charge is 0.485 e. The summed E-state index contributed by atoms with van der Waals surface area (Å²) in [6.07, 6.45) is 5.93. The Morgan fingerprint density at radius 2 is 2.00 bits per heavy atom. The van der Waals surface area contributed by atoms with Gasteiger partial charge in [0.15, 0.2) is 5.82 Å². The predicted molar refractivity (Wildman–Crippen MR) is 135 cm³/mol. The van der Waals surface area contributed by atoms with Gasteiger partial charge in [0.1, 0.15) is 23.7 Å². The number of hydrogen-bond donors (Lipinski definition) is 4. The maximum Gasteiger partial charge on any atom is 0.254 e. The van der Waals surface area contributed by atoms with Crippen molar-refractivity contribution in [1.82, 2.24) is 25.1 Å². The maximum atomic E-state index is 12.3. The lowest BCUT2D eigenvalue weighted by Crippen LogP contribution is -2.16. The smallest absolute Gasteiger partial charge is 0.254 e. The van der Waals surface area contributed by atoms with Crippen LogP contribution in [0.25, 0.3) is 11.3 Å². The minimum atomic E-state index is -3.59. The quantitative estimate of drug-likeness (QED) is 0.240. The summed E-state index contributed by atoms with van der Waals surface area (Å²) in [4.78, 5) is 24.6. The molecule has 186 valence electrons. The molecule has 0 radical (unpaired) electrons. The second-order valence-electron chi connectivity index (χ2n) is 7.37. The molecule has 0 aliphatic carbocycles. The van der Waals surface area contributed by atoms with E-state index in [0.717, 1.165) is 0 Å². The molecule has 0 aliphatic heterocycles. The summed E-state index contributed by atoms with van der Waals surface area (Å²) in [6, 6.07) is 8.04. The van der Waals surface area contributed by atoms with E-state index in [-0.39, 0.29) is 35.2 Å². The molecule has 4 aromatic rings. The van der Waals surface area contributed by atoms with E-state index in [4.69, 9.17) is 22.1 Å². The first-order valence-corrected chi connectivity index (χ1v) is 12.6. The molecule has 12 nitrogen and oxygen atoms in total. The van der Waals surface area contributed by atoms with E-state index in [2.05, 4.69) is 35.2 Å². The molecular weight excluding hydrogens is 508 g/mol. The number of aromatic amines is 1. The molecule has 0 atom stereocenters. The molecule has 5 N–H and O–H groups in total. The van der Waals surface area contributed by atoms with E-state index in [9.17, 15) is 13.2 Å². The zero-order chi connectivity index (χ0) is 25.7. The van der Waals surface area contributed by atoms with Gasteiger partial charge < -0.3 is 15.8 Å². The Labute approximate surface area is 211 Å². The fourth-order valence-corrected chi connectivity index (χ4v) is 3.89. The molecule has 0 unspecified atom stereocenters. The Kier molecular flexibility index (Phi) is 7.31. The Balaban J connectivity index is 1.71. The van der Waals surface area contributed by atoms with E-state index in [1.165, 1.54) is 37.8 Å². The van der Waals surface area contributed by atoms with Crippen molar-refractivity contribution in [2.45, 2.75) is 13.5 Å². The van der Waals surface area contributed by atoms with Crippen molar-refractivity contribution in [2.24, 2.45) is 5.73 Å².